The highest BCUT2D eigenvalue weighted by Gasteiger charge is 2.10. The van der Waals surface area contributed by atoms with Gasteiger partial charge in [-0.3, -0.25) is 4.79 Å². The molecule has 112 valence electrons. The molecule has 0 unspecified atom stereocenters. The number of halogens is 1. The lowest BCUT2D eigenvalue weighted by Crippen LogP contribution is -2.23. The second-order valence-electron chi connectivity index (χ2n) is 5.02. The van der Waals surface area contributed by atoms with Crippen LogP contribution < -0.4 is 10.1 Å². The Morgan fingerprint density at radius 3 is 2.81 bits per heavy atom. The molecule has 0 saturated heterocycles. The Bertz CT molecular complexity index is 638. The lowest BCUT2D eigenvalue weighted by molar-refractivity contribution is 0.0950. The van der Waals surface area contributed by atoms with Gasteiger partial charge in [0, 0.05) is 18.8 Å². The van der Waals surface area contributed by atoms with Crippen molar-refractivity contribution in [3.63, 3.8) is 0 Å². The molecule has 0 radical (unpaired) electrons. The molecule has 0 spiro atoms. The molecule has 0 fully saturated rings. The predicted octanol–water partition coefficient (Wildman–Crippen LogP) is 2.79. The second kappa shape index (κ2) is 6.63. The van der Waals surface area contributed by atoms with Gasteiger partial charge in [-0.15, -0.1) is 0 Å². The van der Waals surface area contributed by atoms with Crippen LogP contribution in [0.1, 0.15) is 29.9 Å². The van der Waals surface area contributed by atoms with E-state index >= 15 is 0 Å². The minimum absolute atomic E-state index is 0.0336. The molecule has 1 amide bonds. The molecule has 2 rings (SSSR count). The molecular weight excluding hydrogens is 290 g/mol. The van der Waals surface area contributed by atoms with Crippen molar-refractivity contribution in [2.24, 2.45) is 7.05 Å². The topological polar surface area (TPSA) is 56.1 Å². The Balaban J connectivity index is 2.00. The number of rotatable bonds is 5. The van der Waals surface area contributed by atoms with E-state index in [2.05, 4.69) is 10.3 Å². The van der Waals surface area contributed by atoms with E-state index in [1.165, 1.54) is 0 Å². The maximum atomic E-state index is 12.1. The molecule has 1 heterocycles. The van der Waals surface area contributed by atoms with E-state index in [4.69, 9.17) is 16.3 Å². The van der Waals surface area contributed by atoms with Crippen LogP contribution in [0.3, 0.4) is 0 Å². The first-order chi connectivity index (χ1) is 9.95. The number of aromatic nitrogens is 2. The van der Waals surface area contributed by atoms with Crippen LogP contribution in [0.25, 0.3) is 0 Å². The number of nitrogens with one attached hydrogen (secondary N) is 1. The van der Waals surface area contributed by atoms with Crippen molar-refractivity contribution in [1.29, 1.82) is 0 Å². The fourth-order valence-electron chi connectivity index (χ4n) is 1.82. The molecular formula is C15H18ClN3O2. The first kappa shape index (κ1) is 15.4. The molecule has 0 aliphatic carbocycles. The summed E-state index contributed by atoms with van der Waals surface area (Å²) in [5.41, 5.74) is 1.30. The molecule has 2 aromatic rings. The van der Waals surface area contributed by atoms with Crippen molar-refractivity contribution in [3.8, 4) is 5.75 Å². The zero-order valence-corrected chi connectivity index (χ0v) is 13.0. The Morgan fingerprint density at radius 1 is 1.48 bits per heavy atom. The van der Waals surface area contributed by atoms with Gasteiger partial charge in [0.1, 0.15) is 5.75 Å². The number of carbonyl (C=O) groups is 1. The Kier molecular flexibility index (Phi) is 4.85. The summed E-state index contributed by atoms with van der Waals surface area (Å²) in [6.07, 6.45) is 3.58. The van der Waals surface area contributed by atoms with Crippen molar-refractivity contribution in [2.75, 3.05) is 0 Å². The number of hydrogen-bond acceptors (Lipinski definition) is 3. The number of benzene rings is 1. The van der Waals surface area contributed by atoms with Crippen LogP contribution in [-0.2, 0) is 13.6 Å². The summed E-state index contributed by atoms with van der Waals surface area (Å²) in [5.74, 6) is 0.381. The fourth-order valence-corrected chi connectivity index (χ4v) is 2.05. The van der Waals surface area contributed by atoms with E-state index < -0.39 is 0 Å². The van der Waals surface area contributed by atoms with Gasteiger partial charge < -0.3 is 14.6 Å². The van der Waals surface area contributed by atoms with Gasteiger partial charge in [0.25, 0.3) is 5.91 Å². The van der Waals surface area contributed by atoms with Crippen LogP contribution in [0, 0.1) is 0 Å². The maximum absolute atomic E-state index is 12.1. The smallest absolute Gasteiger partial charge is 0.251 e. The van der Waals surface area contributed by atoms with Crippen molar-refractivity contribution in [1.82, 2.24) is 14.9 Å². The summed E-state index contributed by atoms with van der Waals surface area (Å²) in [7, 11) is 1.88. The molecule has 1 N–H and O–H groups in total. The molecule has 0 bridgehead atoms. The Labute approximate surface area is 128 Å². The van der Waals surface area contributed by atoms with E-state index in [-0.39, 0.29) is 12.0 Å². The highest BCUT2D eigenvalue weighted by Crippen LogP contribution is 2.26. The first-order valence-electron chi connectivity index (χ1n) is 6.67. The largest absolute Gasteiger partial charge is 0.489 e. The Hall–Kier alpha value is -2.01. The molecule has 1 aromatic heterocycles. The highest BCUT2D eigenvalue weighted by molar-refractivity contribution is 6.32. The standard InChI is InChI=1S/C15H18ClN3O2/c1-10(2)21-14-5-4-11(6-13(14)16)15(20)17-7-12-8-19(3)9-18-12/h4-6,8-10H,7H2,1-3H3,(H,17,20). The van der Waals surface area contributed by atoms with E-state index in [9.17, 15) is 4.79 Å². The second-order valence-corrected chi connectivity index (χ2v) is 5.43. The lowest BCUT2D eigenvalue weighted by atomic mass is 10.2. The third-order valence-electron chi connectivity index (χ3n) is 2.75. The van der Waals surface area contributed by atoms with Gasteiger partial charge in [-0.05, 0) is 32.0 Å². The average molecular weight is 308 g/mol. The van der Waals surface area contributed by atoms with E-state index in [0.717, 1.165) is 5.69 Å². The maximum Gasteiger partial charge on any atom is 0.251 e. The van der Waals surface area contributed by atoms with Gasteiger partial charge in [0.15, 0.2) is 0 Å². The number of aryl methyl sites for hydroxylation is 1. The summed E-state index contributed by atoms with van der Waals surface area (Å²) in [6, 6.07) is 5.00. The summed E-state index contributed by atoms with van der Waals surface area (Å²) < 4.78 is 7.37. The zero-order chi connectivity index (χ0) is 15.4. The number of carbonyl (C=O) groups excluding carboxylic acids is 1. The monoisotopic (exact) mass is 307 g/mol. The summed E-state index contributed by atoms with van der Waals surface area (Å²) in [6.45, 7) is 4.22. The zero-order valence-electron chi connectivity index (χ0n) is 12.3. The summed E-state index contributed by atoms with van der Waals surface area (Å²) in [5, 5.41) is 3.23. The predicted molar refractivity (Wildman–Crippen MR) is 81.6 cm³/mol. The third-order valence-corrected chi connectivity index (χ3v) is 3.04. The molecule has 5 nitrogen and oxygen atoms in total. The number of imidazole rings is 1. The van der Waals surface area contributed by atoms with E-state index in [0.29, 0.717) is 22.9 Å². The van der Waals surface area contributed by atoms with Gasteiger partial charge in [-0.25, -0.2) is 4.98 Å². The third kappa shape index (κ3) is 4.23. The lowest BCUT2D eigenvalue weighted by Gasteiger charge is -2.12. The van der Waals surface area contributed by atoms with Crippen molar-refractivity contribution < 1.29 is 9.53 Å². The van der Waals surface area contributed by atoms with Gasteiger partial charge in [-0.1, -0.05) is 11.6 Å². The van der Waals surface area contributed by atoms with Crippen molar-refractivity contribution >= 4 is 17.5 Å². The van der Waals surface area contributed by atoms with Crippen LogP contribution in [0.2, 0.25) is 5.02 Å². The van der Waals surface area contributed by atoms with E-state index in [1.54, 1.807) is 24.5 Å². The molecule has 1 aromatic carbocycles. The molecule has 0 aliphatic rings. The molecule has 0 aliphatic heterocycles. The van der Waals surface area contributed by atoms with Crippen LogP contribution >= 0.6 is 11.6 Å². The minimum Gasteiger partial charge on any atom is -0.489 e. The number of ether oxygens (including phenoxy) is 1. The average Bonchev–Trinajstić information content (AvgIpc) is 2.83. The highest BCUT2D eigenvalue weighted by atomic mass is 35.5. The number of amides is 1. The van der Waals surface area contributed by atoms with E-state index in [1.807, 2.05) is 31.7 Å². The summed E-state index contributed by atoms with van der Waals surface area (Å²) in [4.78, 5) is 16.2. The number of hydrogen-bond donors (Lipinski definition) is 1. The molecule has 0 atom stereocenters. The molecule has 0 saturated carbocycles. The van der Waals surface area contributed by atoms with Gasteiger partial charge in [0.2, 0.25) is 0 Å². The van der Waals surface area contributed by atoms with Gasteiger partial charge in [0.05, 0.1) is 29.7 Å². The number of nitrogens with zero attached hydrogens (tertiary/aromatic N) is 2. The normalized spacial score (nSPS) is 10.7. The quantitative estimate of drug-likeness (QED) is 0.924. The molecule has 6 heteroatoms. The minimum atomic E-state index is -0.196. The van der Waals surface area contributed by atoms with Crippen LogP contribution in [0.5, 0.6) is 5.75 Å². The SMILES string of the molecule is CC(C)Oc1ccc(C(=O)NCc2cn(C)cn2)cc1Cl. The first-order valence-corrected chi connectivity index (χ1v) is 7.04. The van der Waals surface area contributed by atoms with Gasteiger partial charge in [-0.2, -0.15) is 0 Å². The molecule has 21 heavy (non-hydrogen) atoms. The summed E-state index contributed by atoms with van der Waals surface area (Å²) >= 11 is 6.12. The van der Waals surface area contributed by atoms with Crippen molar-refractivity contribution in [2.45, 2.75) is 26.5 Å². The van der Waals surface area contributed by atoms with Crippen LogP contribution in [-0.4, -0.2) is 21.6 Å². The van der Waals surface area contributed by atoms with Crippen molar-refractivity contribution in [3.05, 3.63) is 47.0 Å². The van der Waals surface area contributed by atoms with Crippen LogP contribution in [0.4, 0.5) is 0 Å². The van der Waals surface area contributed by atoms with Gasteiger partial charge >= 0.3 is 0 Å². The van der Waals surface area contributed by atoms with Crippen LogP contribution in [0.15, 0.2) is 30.7 Å². The Morgan fingerprint density at radius 2 is 2.24 bits per heavy atom. The fraction of sp³-hybridized carbons (Fsp3) is 0.333.